The number of allylic oxidation sites excluding steroid dienone is 2. The van der Waals surface area contributed by atoms with Gasteiger partial charge < -0.3 is 16.4 Å². The van der Waals surface area contributed by atoms with Crippen molar-refractivity contribution >= 4 is 39.9 Å². The minimum atomic E-state index is -0.579. The molecule has 0 aliphatic carbocycles. The number of thiazole rings is 1. The molecule has 0 spiro atoms. The second kappa shape index (κ2) is 9.42. The average molecular weight is 433 g/mol. The average Bonchev–Trinajstić information content (AvgIpc) is 3.28. The van der Waals surface area contributed by atoms with Crippen LogP contribution in [0.1, 0.15) is 51.1 Å². The first kappa shape index (κ1) is 23.6. The van der Waals surface area contributed by atoms with Crippen molar-refractivity contribution in [2.45, 2.75) is 53.5 Å². The number of carbonyl (C=O) groups is 2. The maximum absolute atomic E-state index is 12.6. The van der Waals surface area contributed by atoms with Crippen molar-refractivity contribution in [1.82, 2.24) is 9.88 Å². The topological polar surface area (TPSA) is 127 Å². The summed E-state index contributed by atoms with van der Waals surface area (Å²) in [5.41, 5.74) is 12.8. The van der Waals surface area contributed by atoms with Crippen LogP contribution >= 0.6 is 11.3 Å². The van der Waals surface area contributed by atoms with E-state index in [-0.39, 0.29) is 11.4 Å². The Balaban J connectivity index is 2.29. The lowest BCUT2D eigenvalue weighted by molar-refractivity contribution is -0.121. The Morgan fingerprint density at radius 3 is 2.63 bits per heavy atom. The van der Waals surface area contributed by atoms with Gasteiger partial charge in [-0.1, -0.05) is 51.7 Å². The molecule has 0 unspecified atom stereocenters. The molecule has 0 saturated carbocycles. The van der Waals surface area contributed by atoms with Crippen LogP contribution in [0.2, 0.25) is 0 Å². The van der Waals surface area contributed by atoms with Gasteiger partial charge in [0.15, 0.2) is 5.13 Å². The highest BCUT2D eigenvalue weighted by molar-refractivity contribution is 7.17. The molecule has 1 aliphatic rings. The normalized spacial score (nSPS) is 18.1. The number of hydrogen-bond acceptors (Lipinski definition) is 5. The van der Waals surface area contributed by atoms with E-state index in [0.717, 1.165) is 17.0 Å². The van der Waals surface area contributed by atoms with Crippen LogP contribution in [0.15, 0.2) is 23.7 Å². The summed E-state index contributed by atoms with van der Waals surface area (Å²) in [5.74, 6) is 0.333. The highest BCUT2D eigenvalue weighted by atomic mass is 32.1. The first-order valence-corrected chi connectivity index (χ1v) is 10.8. The number of primary amides is 1. The Labute approximate surface area is 182 Å². The molecule has 0 radical (unpaired) electrons. The Bertz CT molecular complexity index is 884. The van der Waals surface area contributed by atoms with E-state index in [4.69, 9.17) is 11.5 Å². The summed E-state index contributed by atoms with van der Waals surface area (Å²) < 4.78 is 0. The summed E-state index contributed by atoms with van der Waals surface area (Å²) in [6.07, 6.45) is 4.75. The number of aliphatic imine (C=N–C) groups is 1. The Hall–Kier alpha value is -2.68. The van der Waals surface area contributed by atoms with E-state index in [1.807, 2.05) is 6.92 Å². The van der Waals surface area contributed by atoms with Crippen LogP contribution < -0.4 is 16.8 Å². The highest BCUT2D eigenvalue weighted by Gasteiger charge is 2.33. The minimum absolute atomic E-state index is 0.282. The van der Waals surface area contributed by atoms with E-state index in [9.17, 15) is 9.59 Å². The fourth-order valence-corrected chi connectivity index (χ4v) is 3.93. The monoisotopic (exact) mass is 432 g/mol. The van der Waals surface area contributed by atoms with E-state index in [1.165, 1.54) is 16.2 Å². The van der Waals surface area contributed by atoms with E-state index in [2.05, 4.69) is 49.6 Å². The smallest absolute Gasteiger partial charge is 0.324 e. The lowest BCUT2D eigenvalue weighted by Crippen LogP contribution is -2.45. The number of amides is 3. The first-order valence-electron chi connectivity index (χ1n) is 10.0. The number of likely N-dealkylation sites (tertiary alicyclic amines) is 1. The predicted octanol–water partition coefficient (Wildman–Crippen LogP) is 3.50. The second-order valence-electron chi connectivity index (χ2n) is 8.28. The SMILES string of the molecule is C=C/C=C(\N=C(/N)C(C)(C)C(C)C)c1sc(NC(=O)N2CCC[C@H]2C(N)=O)nc1C. The molecule has 3 amide bonds. The van der Waals surface area contributed by atoms with Gasteiger partial charge >= 0.3 is 6.03 Å². The molecule has 9 heteroatoms. The standard InChI is InChI=1S/C21H32N6O2S/c1-7-9-14(25-18(23)21(5,6)12(2)3)16-13(4)24-19(30-16)26-20(29)27-11-8-10-15(27)17(22)28/h7,9,12,15H,1,8,10-11H2,2-6H3,(H2,22,28)(H2,23,25)(H,24,26,29)/b14-9-/t15-/m0/s1. The molecule has 1 atom stereocenters. The molecule has 30 heavy (non-hydrogen) atoms. The zero-order valence-corrected chi connectivity index (χ0v) is 19.2. The van der Waals surface area contributed by atoms with Crippen LogP contribution in [0, 0.1) is 18.3 Å². The van der Waals surface area contributed by atoms with E-state index < -0.39 is 11.9 Å². The molecule has 1 fully saturated rings. The molecular weight excluding hydrogens is 400 g/mol. The second-order valence-corrected chi connectivity index (χ2v) is 9.28. The Morgan fingerprint density at radius 2 is 2.07 bits per heavy atom. The zero-order valence-electron chi connectivity index (χ0n) is 18.4. The molecule has 0 bridgehead atoms. The van der Waals surface area contributed by atoms with Crippen LogP contribution in [0.25, 0.3) is 5.70 Å². The molecule has 1 aromatic rings. The van der Waals surface area contributed by atoms with Crippen LogP contribution in [0.4, 0.5) is 9.93 Å². The van der Waals surface area contributed by atoms with Gasteiger partial charge in [-0.25, -0.2) is 14.8 Å². The van der Waals surface area contributed by atoms with Gasteiger partial charge in [0, 0.05) is 12.0 Å². The van der Waals surface area contributed by atoms with Crippen molar-refractivity contribution in [3.8, 4) is 0 Å². The number of nitrogens with one attached hydrogen (secondary N) is 1. The Morgan fingerprint density at radius 1 is 1.40 bits per heavy atom. The molecular formula is C21H32N6O2S. The number of nitrogens with two attached hydrogens (primary N) is 2. The van der Waals surface area contributed by atoms with E-state index >= 15 is 0 Å². The van der Waals surface area contributed by atoms with Gasteiger partial charge in [0.2, 0.25) is 5.91 Å². The lowest BCUT2D eigenvalue weighted by atomic mass is 9.80. The van der Waals surface area contributed by atoms with Crippen molar-refractivity contribution in [1.29, 1.82) is 0 Å². The van der Waals surface area contributed by atoms with E-state index in [1.54, 1.807) is 12.2 Å². The van der Waals surface area contributed by atoms with Crippen molar-refractivity contribution in [2.75, 3.05) is 11.9 Å². The van der Waals surface area contributed by atoms with Gasteiger partial charge in [-0.3, -0.25) is 10.1 Å². The summed E-state index contributed by atoms with van der Waals surface area (Å²) in [7, 11) is 0. The third kappa shape index (κ3) is 5.08. The van der Waals surface area contributed by atoms with Gasteiger partial charge in [0.25, 0.3) is 0 Å². The molecule has 164 valence electrons. The number of hydrogen-bond donors (Lipinski definition) is 3. The summed E-state index contributed by atoms with van der Waals surface area (Å²) in [4.78, 5) is 35.6. The number of urea groups is 1. The maximum atomic E-state index is 12.6. The van der Waals surface area contributed by atoms with Gasteiger partial charge in [0.05, 0.1) is 16.3 Å². The Kier molecular flexibility index (Phi) is 7.41. The number of carbonyl (C=O) groups excluding carboxylic acids is 2. The van der Waals surface area contributed by atoms with E-state index in [0.29, 0.717) is 35.5 Å². The molecule has 5 N–H and O–H groups in total. The number of nitrogens with zero attached hydrogens (tertiary/aromatic N) is 3. The van der Waals surface area contributed by atoms with Gasteiger partial charge in [0.1, 0.15) is 11.9 Å². The van der Waals surface area contributed by atoms with Gasteiger partial charge in [-0.05, 0) is 31.8 Å². The summed E-state index contributed by atoms with van der Waals surface area (Å²) in [5, 5.41) is 3.21. The van der Waals surface area contributed by atoms with Crippen LogP contribution in [-0.2, 0) is 4.79 Å². The molecule has 8 nitrogen and oxygen atoms in total. The molecule has 1 saturated heterocycles. The minimum Gasteiger partial charge on any atom is -0.387 e. The van der Waals surface area contributed by atoms with Crippen LogP contribution in [0.3, 0.4) is 0 Å². The number of aromatic nitrogens is 1. The number of anilines is 1. The number of rotatable bonds is 7. The van der Waals surface area contributed by atoms with Gasteiger partial charge in [-0.2, -0.15) is 0 Å². The predicted molar refractivity (Wildman–Crippen MR) is 123 cm³/mol. The molecule has 1 aromatic heterocycles. The molecule has 2 heterocycles. The van der Waals surface area contributed by atoms with Crippen molar-refractivity contribution in [2.24, 2.45) is 27.8 Å². The summed E-state index contributed by atoms with van der Waals surface area (Å²) in [6, 6.07) is -0.959. The summed E-state index contributed by atoms with van der Waals surface area (Å²) >= 11 is 1.30. The number of aryl methyl sites for hydroxylation is 1. The quantitative estimate of drug-likeness (QED) is 0.346. The lowest BCUT2D eigenvalue weighted by Gasteiger charge is -2.28. The van der Waals surface area contributed by atoms with Crippen molar-refractivity contribution in [3.05, 3.63) is 29.3 Å². The summed E-state index contributed by atoms with van der Waals surface area (Å²) in [6.45, 7) is 14.4. The fraction of sp³-hybridized carbons (Fsp3) is 0.524. The first-order chi connectivity index (χ1) is 14.0. The molecule has 2 rings (SSSR count). The third-order valence-corrected chi connectivity index (χ3v) is 6.80. The number of amidine groups is 1. The van der Waals surface area contributed by atoms with Crippen molar-refractivity contribution < 1.29 is 9.59 Å². The van der Waals surface area contributed by atoms with Crippen LogP contribution in [0.5, 0.6) is 0 Å². The maximum Gasteiger partial charge on any atom is 0.324 e. The zero-order chi connectivity index (χ0) is 22.6. The molecule has 1 aliphatic heterocycles. The van der Waals surface area contributed by atoms with Crippen molar-refractivity contribution in [3.63, 3.8) is 0 Å². The van der Waals surface area contributed by atoms with Crippen LogP contribution in [-0.4, -0.2) is 40.2 Å². The fourth-order valence-electron chi connectivity index (χ4n) is 3.00. The largest absolute Gasteiger partial charge is 0.387 e. The van der Waals surface area contributed by atoms with Gasteiger partial charge in [-0.15, -0.1) is 0 Å². The highest BCUT2D eigenvalue weighted by Crippen LogP contribution is 2.33. The third-order valence-electron chi connectivity index (χ3n) is 5.71. The molecule has 0 aromatic carbocycles.